The predicted octanol–water partition coefficient (Wildman–Crippen LogP) is 5.23. The fourth-order valence-corrected chi connectivity index (χ4v) is 6.74. The highest BCUT2D eigenvalue weighted by Gasteiger charge is 2.28. The average molecular weight is 527 g/mol. The van der Waals surface area contributed by atoms with Gasteiger partial charge in [-0.05, 0) is 93.9 Å². The lowest BCUT2D eigenvalue weighted by atomic mass is 9.89. The van der Waals surface area contributed by atoms with Crippen LogP contribution in [0.1, 0.15) is 57.4 Å². The van der Waals surface area contributed by atoms with Crippen LogP contribution in [0.25, 0.3) is 16.9 Å². The summed E-state index contributed by atoms with van der Waals surface area (Å²) in [4.78, 5) is 10.1. The van der Waals surface area contributed by atoms with Crippen LogP contribution in [0.3, 0.4) is 0 Å². The van der Waals surface area contributed by atoms with Gasteiger partial charge in [-0.1, -0.05) is 26.0 Å². The van der Waals surface area contributed by atoms with Crippen molar-refractivity contribution in [3.05, 3.63) is 54.1 Å². The van der Waals surface area contributed by atoms with E-state index < -0.39 is 9.84 Å². The zero-order valence-corrected chi connectivity index (χ0v) is 23.1. The second-order valence-electron chi connectivity index (χ2n) is 11.4. The lowest BCUT2D eigenvalue weighted by molar-refractivity contribution is 0.137. The summed E-state index contributed by atoms with van der Waals surface area (Å²) in [5.74, 6) is 0.753. The van der Waals surface area contributed by atoms with Crippen LogP contribution < -0.4 is 0 Å². The number of rotatable bonds is 6. The Morgan fingerprint density at radius 2 is 1.73 bits per heavy atom. The molecule has 0 radical (unpaired) electrons. The number of hydrogen-bond donors (Lipinski definition) is 0. The summed E-state index contributed by atoms with van der Waals surface area (Å²) >= 11 is 0. The molecule has 8 heteroatoms. The van der Waals surface area contributed by atoms with Gasteiger partial charge in [0.15, 0.2) is 21.3 Å². The van der Waals surface area contributed by atoms with Crippen LogP contribution >= 0.6 is 0 Å². The number of benzene rings is 1. The third kappa shape index (κ3) is 6.07. The van der Waals surface area contributed by atoms with Crippen LogP contribution in [0, 0.1) is 11.7 Å². The average Bonchev–Trinajstić information content (AvgIpc) is 3.17. The maximum absolute atomic E-state index is 15.1. The zero-order valence-electron chi connectivity index (χ0n) is 22.2. The molecule has 0 saturated carbocycles. The van der Waals surface area contributed by atoms with Gasteiger partial charge in [0, 0.05) is 36.8 Å². The SMILES string of the molecule is CC(C)CN1CCCC(N2CCC(c3cc(F)c4nc(-c5ccc(S(C)(=O)=O)cc5)cn4c3)CC2)CC1. The molecule has 1 aromatic carbocycles. The first-order chi connectivity index (χ1) is 17.7. The number of nitrogens with zero attached hydrogens (tertiary/aromatic N) is 4. The number of aromatic nitrogens is 2. The molecule has 0 aliphatic carbocycles. The van der Waals surface area contributed by atoms with Crippen LogP contribution in [-0.2, 0) is 9.84 Å². The summed E-state index contributed by atoms with van der Waals surface area (Å²) in [7, 11) is -3.26. The number of piperidine rings is 1. The summed E-state index contributed by atoms with van der Waals surface area (Å²) in [5, 5.41) is 0. The number of hydrogen-bond acceptors (Lipinski definition) is 5. The third-order valence-electron chi connectivity index (χ3n) is 8.04. The minimum atomic E-state index is -3.26. The van der Waals surface area contributed by atoms with E-state index in [1.807, 2.05) is 12.4 Å². The minimum Gasteiger partial charge on any atom is -0.304 e. The molecular formula is C29H39FN4O2S. The third-order valence-corrected chi connectivity index (χ3v) is 9.17. The predicted molar refractivity (Wildman–Crippen MR) is 146 cm³/mol. The van der Waals surface area contributed by atoms with E-state index in [2.05, 4.69) is 28.6 Å². The van der Waals surface area contributed by atoms with Gasteiger partial charge >= 0.3 is 0 Å². The van der Waals surface area contributed by atoms with Crippen molar-refractivity contribution in [2.45, 2.75) is 62.8 Å². The smallest absolute Gasteiger partial charge is 0.175 e. The van der Waals surface area contributed by atoms with Crippen molar-refractivity contribution < 1.29 is 12.8 Å². The first-order valence-electron chi connectivity index (χ1n) is 13.6. The summed E-state index contributed by atoms with van der Waals surface area (Å²) < 4.78 is 40.4. The van der Waals surface area contributed by atoms with Crippen molar-refractivity contribution in [1.82, 2.24) is 19.2 Å². The molecule has 2 saturated heterocycles. The summed E-state index contributed by atoms with van der Waals surface area (Å²) in [6, 6.07) is 8.92. The van der Waals surface area contributed by atoms with E-state index >= 15 is 4.39 Å². The second kappa shape index (κ2) is 10.8. The van der Waals surface area contributed by atoms with Gasteiger partial charge in [0.05, 0.1) is 10.6 Å². The van der Waals surface area contributed by atoms with Crippen molar-refractivity contribution in [3.63, 3.8) is 0 Å². The Morgan fingerprint density at radius 1 is 1.00 bits per heavy atom. The van der Waals surface area contributed by atoms with Crippen LogP contribution in [-0.4, -0.2) is 72.6 Å². The van der Waals surface area contributed by atoms with Crippen molar-refractivity contribution >= 4 is 15.5 Å². The van der Waals surface area contributed by atoms with E-state index in [1.165, 1.54) is 45.2 Å². The molecule has 2 aliphatic rings. The summed E-state index contributed by atoms with van der Waals surface area (Å²) in [6.07, 6.45) is 10.9. The molecule has 0 bridgehead atoms. The van der Waals surface area contributed by atoms with E-state index in [-0.39, 0.29) is 10.7 Å². The van der Waals surface area contributed by atoms with Gasteiger partial charge in [-0.15, -0.1) is 0 Å². The molecule has 0 amide bonds. The van der Waals surface area contributed by atoms with Crippen molar-refractivity contribution in [2.75, 3.05) is 39.0 Å². The van der Waals surface area contributed by atoms with E-state index in [0.717, 1.165) is 43.0 Å². The Hall–Kier alpha value is -2.29. The minimum absolute atomic E-state index is 0.261. The lowest BCUT2D eigenvalue weighted by Gasteiger charge is -2.37. The van der Waals surface area contributed by atoms with E-state index in [0.29, 0.717) is 23.3 Å². The first-order valence-corrected chi connectivity index (χ1v) is 15.5. The molecule has 2 fully saturated rings. The highest BCUT2D eigenvalue weighted by Crippen LogP contribution is 2.32. The van der Waals surface area contributed by atoms with E-state index in [4.69, 9.17) is 0 Å². The molecule has 6 nitrogen and oxygen atoms in total. The number of imidazole rings is 1. The molecule has 1 unspecified atom stereocenters. The lowest BCUT2D eigenvalue weighted by Crippen LogP contribution is -2.41. The summed E-state index contributed by atoms with van der Waals surface area (Å²) in [6.45, 7) is 10.4. The molecule has 0 spiro atoms. The monoisotopic (exact) mass is 526 g/mol. The molecule has 3 aromatic rings. The van der Waals surface area contributed by atoms with Crippen LogP contribution in [0.5, 0.6) is 0 Å². The number of sulfone groups is 1. The van der Waals surface area contributed by atoms with Crippen molar-refractivity contribution in [1.29, 1.82) is 0 Å². The molecule has 2 aromatic heterocycles. The Labute approximate surface area is 220 Å². The molecule has 37 heavy (non-hydrogen) atoms. The normalized spacial score (nSPS) is 21.1. The molecule has 2 aliphatic heterocycles. The Kier molecular flexibility index (Phi) is 7.70. The maximum atomic E-state index is 15.1. The number of pyridine rings is 1. The maximum Gasteiger partial charge on any atom is 0.175 e. The Bertz CT molecular complexity index is 1330. The molecule has 4 heterocycles. The van der Waals surface area contributed by atoms with Gasteiger partial charge < -0.3 is 14.2 Å². The quantitative estimate of drug-likeness (QED) is 0.440. The first kappa shape index (κ1) is 26.3. The number of halogens is 1. The molecular weight excluding hydrogens is 487 g/mol. The highest BCUT2D eigenvalue weighted by atomic mass is 32.2. The molecule has 1 atom stereocenters. The molecule has 5 rings (SSSR count). The number of likely N-dealkylation sites (tertiary alicyclic amines) is 2. The summed E-state index contributed by atoms with van der Waals surface area (Å²) in [5.41, 5.74) is 2.73. The van der Waals surface area contributed by atoms with Crippen LogP contribution in [0.4, 0.5) is 4.39 Å². The standard InChI is InChI=1S/C29H39FN4O2S/c1-21(2)18-32-13-4-5-25(12-14-32)33-15-10-22(11-16-33)24-17-27(30)29-31-28(20-34(29)19-24)23-6-8-26(9-7-23)37(3,35)36/h6-9,17,19-22,25H,4-5,10-16,18H2,1-3H3. The molecule has 0 N–H and O–H groups in total. The second-order valence-corrected chi connectivity index (χ2v) is 13.4. The zero-order chi connectivity index (χ0) is 26.2. The van der Waals surface area contributed by atoms with Gasteiger partial charge in [-0.2, -0.15) is 0 Å². The van der Waals surface area contributed by atoms with Gasteiger partial charge in [0.1, 0.15) is 0 Å². The highest BCUT2D eigenvalue weighted by molar-refractivity contribution is 7.90. The topological polar surface area (TPSA) is 57.9 Å². The van der Waals surface area contributed by atoms with Gasteiger partial charge in [0.2, 0.25) is 0 Å². The number of fused-ring (bicyclic) bond motifs is 1. The van der Waals surface area contributed by atoms with Crippen LogP contribution in [0.15, 0.2) is 47.6 Å². The van der Waals surface area contributed by atoms with Crippen molar-refractivity contribution in [3.8, 4) is 11.3 Å². The Balaban J connectivity index is 1.25. The van der Waals surface area contributed by atoms with Gasteiger partial charge in [-0.3, -0.25) is 0 Å². The Morgan fingerprint density at radius 3 is 2.41 bits per heavy atom. The van der Waals surface area contributed by atoms with Gasteiger partial charge in [-0.25, -0.2) is 17.8 Å². The largest absolute Gasteiger partial charge is 0.304 e. The van der Waals surface area contributed by atoms with Crippen LogP contribution in [0.2, 0.25) is 0 Å². The van der Waals surface area contributed by atoms with E-state index in [9.17, 15) is 8.42 Å². The fourth-order valence-electron chi connectivity index (χ4n) is 6.11. The molecule has 200 valence electrons. The fraction of sp³-hybridized carbons (Fsp3) is 0.552. The van der Waals surface area contributed by atoms with Crippen molar-refractivity contribution in [2.24, 2.45) is 5.92 Å². The van der Waals surface area contributed by atoms with E-state index in [1.54, 1.807) is 34.7 Å². The van der Waals surface area contributed by atoms with Gasteiger partial charge in [0.25, 0.3) is 0 Å².